The lowest BCUT2D eigenvalue weighted by Crippen LogP contribution is -2.40. The van der Waals surface area contributed by atoms with E-state index in [0.717, 1.165) is 36.1 Å². The molecule has 1 saturated carbocycles. The van der Waals surface area contributed by atoms with Crippen LogP contribution in [0.2, 0.25) is 10.0 Å². The van der Waals surface area contributed by atoms with Gasteiger partial charge in [-0.3, -0.25) is 4.79 Å². The zero-order valence-corrected chi connectivity index (χ0v) is 17.3. The van der Waals surface area contributed by atoms with Gasteiger partial charge in [0.1, 0.15) is 11.7 Å². The van der Waals surface area contributed by atoms with Crippen LogP contribution in [0.15, 0.2) is 18.2 Å². The van der Waals surface area contributed by atoms with Crippen LogP contribution in [0.25, 0.3) is 0 Å². The molecule has 0 aromatic heterocycles. The minimum absolute atomic E-state index is 0.134. The first-order chi connectivity index (χ1) is 12.5. The molecule has 0 radical (unpaired) electrons. The van der Waals surface area contributed by atoms with Gasteiger partial charge in [-0.15, -0.1) is 0 Å². The molecule has 1 heterocycles. The number of rotatable bonds is 2. The molecule has 1 aliphatic carbocycles. The van der Waals surface area contributed by atoms with Gasteiger partial charge in [-0.1, -0.05) is 42.1 Å². The van der Waals surface area contributed by atoms with Crippen molar-refractivity contribution in [3.8, 4) is 0 Å². The number of imide groups is 1. The first-order valence-corrected chi connectivity index (χ1v) is 9.99. The van der Waals surface area contributed by atoms with E-state index in [2.05, 4.69) is 0 Å². The molecule has 27 heavy (non-hydrogen) atoms. The second kappa shape index (κ2) is 7.26. The third kappa shape index (κ3) is 3.82. The number of hydrogen-bond donors (Lipinski definition) is 1. The number of nitrogens with zero attached hydrogens (tertiary/aromatic N) is 1. The Morgan fingerprint density at radius 2 is 1.85 bits per heavy atom. The predicted octanol–water partition coefficient (Wildman–Crippen LogP) is 4.56. The van der Waals surface area contributed by atoms with E-state index >= 15 is 0 Å². The van der Waals surface area contributed by atoms with E-state index in [9.17, 15) is 14.7 Å². The number of benzene rings is 1. The SMILES string of the molecule is CC(C)(C)OC(=O)N1CC(C2(c3ccc(Cl)c(Cl)c3)CCCC2)[C@H](O)C1=O. The number of carbonyl (C=O) groups is 2. The minimum Gasteiger partial charge on any atom is -0.443 e. The normalized spacial score (nSPS) is 25.1. The summed E-state index contributed by atoms with van der Waals surface area (Å²) < 4.78 is 5.34. The molecule has 1 N–H and O–H groups in total. The number of hydrogen-bond acceptors (Lipinski definition) is 4. The molecule has 1 aliphatic heterocycles. The van der Waals surface area contributed by atoms with Gasteiger partial charge in [-0.2, -0.15) is 0 Å². The molecule has 0 bridgehead atoms. The van der Waals surface area contributed by atoms with E-state index < -0.39 is 35.0 Å². The zero-order chi connectivity index (χ0) is 20.0. The van der Waals surface area contributed by atoms with Crippen molar-refractivity contribution in [1.29, 1.82) is 0 Å². The van der Waals surface area contributed by atoms with Crippen molar-refractivity contribution >= 4 is 35.2 Å². The number of aliphatic hydroxyl groups is 1. The Bertz CT molecular complexity index is 753. The van der Waals surface area contributed by atoms with Crippen LogP contribution >= 0.6 is 23.2 Å². The number of likely N-dealkylation sites (tertiary alicyclic amines) is 1. The zero-order valence-electron chi connectivity index (χ0n) is 15.8. The van der Waals surface area contributed by atoms with Crippen LogP contribution in [0.3, 0.4) is 0 Å². The van der Waals surface area contributed by atoms with Gasteiger partial charge in [0.25, 0.3) is 5.91 Å². The maximum absolute atomic E-state index is 12.6. The van der Waals surface area contributed by atoms with Gasteiger partial charge in [-0.25, -0.2) is 9.69 Å². The van der Waals surface area contributed by atoms with Crippen molar-refractivity contribution in [1.82, 2.24) is 4.90 Å². The lowest BCUT2D eigenvalue weighted by Gasteiger charge is -2.37. The fraction of sp³-hybridized carbons (Fsp3) is 0.600. The fourth-order valence-corrected chi connectivity index (χ4v) is 4.66. The third-order valence-corrected chi connectivity index (χ3v) is 6.33. The van der Waals surface area contributed by atoms with Crippen molar-refractivity contribution in [2.45, 2.75) is 63.6 Å². The van der Waals surface area contributed by atoms with Crippen LogP contribution < -0.4 is 0 Å². The highest BCUT2D eigenvalue weighted by Gasteiger charge is 2.54. The molecule has 1 unspecified atom stereocenters. The van der Waals surface area contributed by atoms with E-state index in [0.29, 0.717) is 10.0 Å². The van der Waals surface area contributed by atoms with Crippen molar-refractivity contribution in [3.63, 3.8) is 0 Å². The molecule has 2 fully saturated rings. The summed E-state index contributed by atoms with van der Waals surface area (Å²) in [6.07, 6.45) is 1.67. The second-order valence-electron chi connectivity index (χ2n) is 8.47. The number of carbonyl (C=O) groups excluding carboxylic acids is 2. The number of amides is 2. The number of ether oxygens (including phenoxy) is 1. The van der Waals surface area contributed by atoms with Gasteiger partial charge in [0.05, 0.1) is 10.0 Å². The maximum Gasteiger partial charge on any atom is 0.417 e. The molecule has 148 valence electrons. The second-order valence-corrected chi connectivity index (χ2v) is 9.29. The van der Waals surface area contributed by atoms with Crippen LogP contribution in [0, 0.1) is 5.92 Å². The highest BCUT2D eigenvalue weighted by atomic mass is 35.5. The molecule has 3 rings (SSSR count). The maximum atomic E-state index is 12.6. The highest BCUT2D eigenvalue weighted by molar-refractivity contribution is 6.42. The summed E-state index contributed by atoms with van der Waals surface area (Å²) in [5.74, 6) is -1.00. The molecular formula is C20H25Cl2NO4. The molecule has 5 nitrogen and oxygen atoms in total. The van der Waals surface area contributed by atoms with Gasteiger partial charge in [0.15, 0.2) is 0 Å². The van der Waals surface area contributed by atoms with Gasteiger partial charge in [-0.05, 0) is 51.3 Å². The standard InChI is InChI=1S/C20H25Cl2NO4/c1-19(2,3)27-18(26)23-11-13(16(24)17(23)25)20(8-4-5-9-20)12-6-7-14(21)15(22)10-12/h6-7,10,13,16,24H,4-5,8-9,11H2,1-3H3/t13?,16-/m0/s1. The Morgan fingerprint density at radius 1 is 1.22 bits per heavy atom. The Labute approximate surface area is 169 Å². The van der Waals surface area contributed by atoms with E-state index in [1.165, 1.54) is 0 Å². The summed E-state index contributed by atoms with van der Waals surface area (Å²) in [6, 6.07) is 5.48. The molecule has 2 amide bonds. The minimum atomic E-state index is -1.25. The van der Waals surface area contributed by atoms with Crippen molar-refractivity contribution in [2.24, 2.45) is 5.92 Å². The summed E-state index contributed by atoms with van der Waals surface area (Å²) in [5, 5.41) is 11.6. The molecule has 2 aliphatic rings. The largest absolute Gasteiger partial charge is 0.443 e. The average molecular weight is 414 g/mol. The van der Waals surface area contributed by atoms with Crippen molar-refractivity contribution in [2.75, 3.05) is 6.54 Å². The average Bonchev–Trinajstić information content (AvgIpc) is 3.16. The number of halogens is 2. The lowest BCUT2D eigenvalue weighted by atomic mass is 9.67. The Morgan fingerprint density at radius 3 is 2.41 bits per heavy atom. The molecule has 1 aromatic rings. The van der Waals surface area contributed by atoms with Crippen molar-refractivity contribution in [3.05, 3.63) is 33.8 Å². The Balaban J connectivity index is 1.93. The quantitative estimate of drug-likeness (QED) is 0.771. The molecule has 2 atom stereocenters. The van der Waals surface area contributed by atoms with Crippen LogP contribution in [0.1, 0.15) is 52.0 Å². The van der Waals surface area contributed by atoms with E-state index in [4.69, 9.17) is 27.9 Å². The van der Waals surface area contributed by atoms with Gasteiger partial charge >= 0.3 is 6.09 Å². The topological polar surface area (TPSA) is 66.8 Å². The fourth-order valence-electron chi connectivity index (χ4n) is 4.36. The summed E-state index contributed by atoms with van der Waals surface area (Å²) in [5.41, 5.74) is -0.174. The summed E-state index contributed by atoms with van der Waals surface area (Å²) in [4.78, 5) is 26.1. The van der Waals surface area contributed by atoms with Crippen LogP contribution in [0.4, 0.5) is 4.79 Å². The summed E-state index contributed by atoms with van der Waals surface area (Å²) in [6.45, 7) is 5.36. The Hall–Kier alpha value is -1.30. The first-order valence-electron chi connectivity index (χ1n) is 9.23. The van der Waals surface area contributed by atoms with Crippen LogP contribution in [-0.4, -0.2) is 40.3 Å². The van der Waals surface area contributed by atoms with Gasteiger partial charge < -0.3 is 9.84 Å². The van der Waals surface area contributed by atoms with E-state index in [-0.39, 0.29) is 6.54 Å². The monoisotopic (exact) mass is 413 g/mol. The molecular weight excluding hydrogens is 389 g/mol. The van der Waals surface area contributed by atoms with Crippen LogP contribution in [0.5, 0.6) is 0 Å². The van der Waals surface area contributed by atoms with Crippen molar-refractivity contribution < 1.29 is 19.4 Å². The first kappa shape index (κ1) is 20.4. The summed E-state index contributed by atoms with van der Waals surface area (Å²) in [7, 11) is 0. The smallest absolute Gasteiger partial charge is 0.417 e. The lowest BCUT2D eigenvalue weighted by molar-refractivity contribution is -0.134. The third-order valence-electron chi connectivity index (χ3n) is 5.59. The molecule has 7 heteroatoms. The molecule has 0 spiro atoms. The molecule has 1 saturated heterocycles. The van der Waals surface area contributed by atoms with Crippen LogP contribution in [-0.2, 0) is 14.9 Å². The predicted molar refractivity (Wildman–Crippen MR) is 104 cm³/mol. The van der Waals surface area contributed by atoms with E-state index in [1.54, 1.807) is 26.8 Å². The Kier molecular flexibility index (Phi) is 5.50. The van der Waals surface area contributed by atoms with E-state index in [1.807, 2.05) is 12.1 Å². The highest BCUT2D eigenvalue weighted by Crippen LogP contribution is 2.51. The van der Waals surface area contributed by atoms with Gasteiger partial charge in [0.2, 0.25) is 0 Å². The van der Waals surface area contributed by atoms with Gasteiger partial charge in [0, 0.05) is 17.9 Å². The number of aliphatic hydroxyl groups excluding tert-OH is 1. The summed E-state index contributed by atoms with van der Waals surface area (Å²) >= 11 is 12.3. The molecule has 1 aromatic carbocycles.